The highest BCUT2D eigenvalue weighted by Crippen LogP contribution is 2.43. The van der Waals surface area contributed by atoms with Gasteiger partial charge >= 0.3 is 0 Å². The van der Waals surface area contributed by atoms with Crippen LogP contribution in [-0.2, 0) is 23.6 Å². The van der Waals surface area contributed by atoms with Crippen molar-refractivity contribution in [2.24, 2.45) is 7.05 Å². The number of fused-ring (bicyclic) bond motifs is 1. The van der Waals surface area contributed by atoms with Crippen LogP contribution in [0, 0.1) is 17.1 Å². The van der Waals surface area contributed by atoms with Gasteiger partial charge in [-0.3, -0.25) is 9.59 Å². The molecule has 1 amide bonds. The van der Waals surface area contributed by atoms with Gasteiger partial charge in [0, 0.05) is 25.5 Å². The van der Waals surface area contributed by atoms with Crippen molar-refractivity contribution in [3.05, 3.63) is 63.3 Å². The molecule has 3 aromatic rings. The third kappa shape index (κ3) is 5.36. The van der Waals surface area contributed by atoms with Gasteiger partial charge in [-0.25, -0.2) is 17.5 Å². The number of rotatable bonds is 11. The molecule has 2 N–H and O–H groups in total. The van der Waals surface area contributed by atoms with Crippen molar-refractivity contribution in [1.82, 2.24) is 24.8 Å². The van der Waals surface area contributed by atoms with Crippen molar-refractivity contribution in [3.8, 4) is 11.9 Å². The zero-order valence-electron chi connectivity index (χ0n) is 21.0. The summed E-state index contributed by atoms with van der Waals surface area (Å²) >= 11 is 0. The fourth-order valence-electron chi connectivity index (χ4n) is 3.98. The van der Waals surface area contributed by atoms with Crippen molar-refractivity contribution in [2.75, 3.05) is 13.2 Å². The molecule has 11 nitrogen and oxygen atoms in total. The van der Waals surface area contributed by atoms with Crippen LogP contribution in [0.4, 0.5) is 4.39 Å². The number of halogens is 1. The first-order valence-electron chi connectivity index (χ1n) is 12.1. The molecule has 0 aliphatic heterocycles. The van der Waals surface area contributed by atoms with E-state index >= 15 is 0 Å². The molecule has 2 heterocycles. The molecule has 0 unspecified atom stereocenters. The SMILES string of the molecule is CCCCNS(=O)(=O)C1(COc2nncc3cc(C(=O)NCc4ccc(C#N)c(F)c4)c(=O)n(C)c23)CC1. The number of hydrogen-bond donors (Lipinski definition) is 2. The maximum Gasteiger partial charge on any atom is 0.263 e. The molecule has 2 aromatic heterocycles. The fraction of sp³-hybridized carbons (Fsp3) is 0.400. The highest BCUT2D eigenvalue weighted by molar-refractivity contribution is 7.91. The number of carbonyl (C=O) groups is 1. The number of pyridine rings is 1. The van der Waals surface area contributed by atoms with Gasteiger partial charge in [-0.1, -0.05) is 19.4 Å². The number of ether oxygens (including phenoxy) is 1. The summed E-state index contributed by atoms with van der Waals surface area (Å²) in [6, 6.07) is 7.03. The first-order valence-corrected chi connectivity index (χ1v) is 13.5. The van der Waals surface area contributed by atoms with E-state index in [1.165, 1.54) is 36.0 Å². The molecule has 4 rings (SSSR count). The van der Waals surface area contributed by atoms with Gasteiger partial charge in [-0.2, -0.15) is 10.4 Å². The molecule has 38 heavy (non-hydrogen) atoms. The molecule has 1 aliphatic carbocycles. The van der Waals surface area contributed by atoms with E-state index in [0.29, 0.717) is 30.3 Å². The van der Waals surface area contributed by atoms with Gasteiger partial charge in [-0.05, 0) is 43.0 Å². The van der Waals surface area contributed by atoms with E-state index in [-0.39, 0.29) is 35.7 Å². The zero-order valence-corrected chi connectivity index (χ0v) is 21.8. The molecule has 0 bridgehead atoms. The Morgan fingerprint density at radius 1 is 1.32 bits per heavy atom. The molecular weight excluding hydrogens is 515 g/mol. The third-order valence-corrected chi connectivity index (χ3v) is 8.77. The standard InChI is InChI=1S/C25H27FN6O5S/c1-3-4-9-30-38(35,36)25(7-8-25)15-37-23-21-18(14-29-31-23)11-19(24(34)32(21)2)22(33)28-13-16-5-6-17(12-27)20(26)10-16/h5-6,10-11,14,30H,3-4,7-9,13,15H2,1-2H3,(H,28,33). The average Bonchev–Trinajstić information content (AvgIpc) is 3.70. The lowest BCUT2D eigenvalue weighted by atomic mass is 10.1. The van der Waals surface area contributed by atoms with E-state index in [9.17, 15) is 22.4 Å². The number of aryl methyl sites for hydroxylation is 1. The van der Waals surface area contributed by atoms with Crippen LogP contribution in [0.15, 0.2) is 35.3 Å². The number of unbranched alkanes of at least 4 members (excludes halogenated alkanes) is 1. The van der Waals surface area contributed by atoms with Crippen LogP contribution in [0.25, 0.3) is 10.9 Å². The second-order valence-electron chi connectivity index (χ2n) is 9.21. The average molecular weight is 543 g/mol. The summed E-state index contributed by atoms with van der Waals surface area (Å²) in [5, 5.41) is 19.7. The minimum absolute atomic E-state index is 0.0165. The Morgan fingerprint density at radius 2 is 2.08 bits per heavy atom. The lowest BCUT2D eigenvalue weighted by molar-refractivity contribution is 0.0949. The molecular formula is C25H27FN6O5S. The smallest absolute Gasteiger partial charge is 0.263 e. The number of sulfonamides is 1. The molecule has 0 spiro atoms. The van der Waals surface area contributed by atoms with Crippen LogP contribution in [0.2, 0.25) is 0 Å². The second-order valence-corrected chi connectivity index (χ2v) is 11.4. The maximum absolute atomic E-state index is 13.9. The minimum Gasteiger partial charge on any atom is -0.473 e. The summed E-state index contributed by atoms with van der Waals surface area (Å²) in [7, 11) is -2.15. The van der Waals surface area contributed by atoms with Crippen molar-refractivity contribution in [1.29, 1.82) is 5.26 Å². The summed E-state index contributed by atoms with van der Waals surface area (Å²) < 4.78 is 48.0. The molecule has 0 radical (unpaired) electrons. The molecule has 1 saturated carbocycles. The summed E-state index contributed by atoms with van der Waals surface area (Å²) in [5.74, 6) is -1.40. The first-order chi connectivity index (χ1) is 18.1. The number of amides is 1. The Kier molecular flexibility index (Phi) is 7.75. The number of nitrogens with one attached hydrogen (secondary N) is 2. The minimum atomic E-state index is -3.60. The van der Waals surface area contributed by atoms with Crippen LogP contribution in [0.5, 0.6) is 5.88 Å². The number of carbonyl (C=O) groups excluding carboxylic acids is 1. The van der Waals surface area contributed by atoms with Crippen LogP contribution >= 0.6 is 0 Å². The van der Waals surface area contributed by atoms with Crippen molar-refractivity contribution in [2.45, 2.75) is 43.9 Å². The highest BCUT2D eigenvalue weighted by atomic mass is 32.2. The van der Waals surface area contributed by atoms with E-state index in [2.05, 4.69) is 20.2 Å². The maximum atomic E-state index is 13.9. The number of hydrogen-bond acceptors (Lipinski definition) is 8. The third-order valence-electron chi connectivity index (χ3n) is 6.52. The molecule has 13 heteroatoms. The van der Waals surface area contributed by atoms with Gasteiger partial charge in [0.1, 0.15) is 34.3 Å². The molecule has 1 fully saturated rings. The number of nitriles is 1. The topological polar surface area (TPSA) is 156 Å². The Balaban J connectivity index is 1.53. The lowest BCUT2D eigenvalue weighted by Gasteiger charge is -2.18. The van der Waals surface area contributed by atoms with E-state index in [1.54, 1.807) is 6.07 Å². The monoisotopic (exact) mass is 542 g/mol. The molecule has 200 valence electrons. The normalized spacial score (nSPS) is 14.2. The van der Waals surface area contributed by atoms with Crippen LogP contribution in [-0.4, -0.2) is 47.0 Å². The van der Waals surface area contributed by atoms with Gasteiger partial charge in [0.05, 0.1) is 11.8 Å². The summed E-state index contributed by atoms with van der Waals surface area (Å²) in [5.41, 5.74) is -0.228. The summed E-state index contributed by atoms with van der Waals surface area (Å²) in [6.07, 6.45) is 3.84. The zero-order chi connectivity index (χ0) is 27.5. The Bertz CT molecular complexity index is 1590. The Labute approximate surface area is 218 Å². The summed E-state index contributed by atoms with van der Waals surface area (Å²) in [6.45, 7) is 2.11. The number of benzene rings is 1. The predicted molar refractivity (Wildman–Crippen MR) is 136 cm³/mol. The first kappa shape index (κ1) is 27.2. The van der Waals surface area contributed by atoms with Gasteiger partial charge in [0.15, 0.2) is 0 Å². The molecule has 0 atom stereocenters. The van der Waals surface area contributed by atoms with E-state index in [0.717, 1.165) is 18.9 Å². The summed E-state index contributed by atoms with van der Waals surface area (Å²) in [4.78, 5) is 25.8. The van der Waals surface area contributed by atoms with Gasteiger partial charge in [0.25, 0.3) is 17.3 Å². The second kappa shape index (κ2) is 10.8. The van der Waals surface area contributed by atoms with Crippen molar-refractivity contribution >= 4 is 26.8 Å². The molecule has 1 aliphatic rings. The van der Waals surface area contributed by atoms with Gasteiger partial charge < -0.3 is 14.6 Å². The highest BCUT2D eigenvalue weighted by Gasteiger charge is 2.55. The van der Waals surface area contributed by atoms with Crippen molar-refractivity contribution in [3.63, 3.8) is 0 Å². The Morgan fingerprint density at radius 3 is 2.74 bits per heavy atom. The van der Waals surface area contributed by atoms with E-state index in [4.69, 9.17) is 10.00 Å². The van der Waals surface area contributed by atoms with Gasteiger partial charge in [0.2, 0.25) is 10.0 Å². The quantitative estimate of drug-likeness (QED) is 0.348. The largest absolute Gasteiger partial charge is 0.473 e. The van der Waals surface area contributed by atoms with E-state index < -0.39 is 32.1 Å². The number of aromatic nitrogens is 3. The van der Waals surface area contributed by atoms with Crippen molar-refractivity contribution < 1.29 is 22.3 Å². The van der Waals surface area contributed by atoms with Crippen LogP contribution in [0.1, 0.15) is 54.1 Å². The Hall–Kier alpha value is -3.89. The predicted octanol–water partition coefficient (Wildman–Crippen LogP) is 1.90. The molecule has 1 aromatic carbocycles. The van der Waals surface area contributed by atoms with E-state index in [1.807, 2.05) is 6.92 Å². The van der Waals surface area contributed by atoms with Gasteiger partial charge in [-0.15, -0.1) is 5.10 Å². The number of nitrogens with zero attached hydrogens (tertiary/aromatic N) is 4. The lowest BCUT2D eigenvalue weighted by Crippen LogP contribution is -2.40. The fourth-order valence-corrected chi connectivity index (χ4v) is 5.55. The van der Waals surface area contributed by atoms with Crippen LogP contribution < -0.4 is 20.3 Å². The van der Waals surface area contributed by atoms with Crippen LogP contribution in [0.3, 0.4) is 0 Å². The molecule has 0 saturated heterocycles.